The van der Waals surface area contributed by atoms with E-state index in [2.05, 4.69) is 15.3 Å². The predicted octanol–water partition coefficient (Wildman–Crippen LogP) is 1.79. The maximum absolute atomic E-state index is 11.8. The SMILES string of the molecule is CN(C)c1ccc(NC(=O)c2cnccn2)cc1. The molecule has 1 heterocycles. The molecule has 0 aliphatic rings. The summed E-state index contributed by atoms with van der Waals surface area (Å²) in [6.07, 6.45) is 4.45. The van der Waals surface area contributed by atoms with Crippen LogP contribution in [0.15, 0.2) is 42.9 Å². The van der Waals surface area contributed by atoms with Gasteiger partial charge in [-0.2, -0.15) is 0 Å². The van der Waals surface area contributed by atoms with Gasteiger partial charge in [0.1, 0.15) is 5.69 Å². The van der Waals surface area contributed by atoms with Crippen molar-refractivity contribution >= 4 is 17.3 Å². The Balaban J connectivity index is 2.08. The van der Waals surface area contributed by atoms with Crippen LogP contribution in [0.4, 0.5) is 11.4 Å². The molecule has 5 heteroatoms. The number of benzene rings is 1. The van der Waals surface area contributed by atoms with Gasteiger partial charge in [-0.1, -0.05) is 0 Å². The molecule has 0 saturated carbocycles. The van der Waals surface area contributed by atoms with E-state index < -0.39 is 0 Å². The van der Waals surface area contributed by atoms with Crippen molar-refractivity contribution in [3.8, 4) is 0 Å². The summed E-state index contributed by atoms with van der Waals surface area (Å²) >= 11 is 0. The monoisotopic (exact) mass is 242 g/mol. The van der Waals surface area contributed by atoms with Crippen molar-refractivity contribution < 1.29 is 4.79 Å². The fraction of sp³-hybridized carbons (Fsp3) is 0.154. The van der Waals surface area contributed by atoms with Crippen LogP contribution in [0.3, 0.4) is 0 Å². The molecule has 1 aromatic heterocycles. The van der Waals surface area contributed by atoms with E-state index in [0.29, 0.717) is 5.69 Å². The van der Waals surface area contributed by atoms with E-state index in [1.54, 1.807) is 0 Å². The van der Waals surface area contributed by atoms with Crippen LogP contribution in [-0.4, -0.2) is 30.0 Å². The Hall–Kier alpha value is -2.43. The molecule has 1 amide bonds. The standard InChI is InChI=1S/C13H14N4O/c1-17(2)11-5-3-10(4-6-11)16-13(18)12-9-14-7-8-15-12/h3-9H,1-2H3,(H,16,18). The Morgan fingerprint density at radius 3 is 2.44 bits per heavy atom. The first-order chi connectivity index (χ1) is 8.66. The molecule has 1 N–H and O–H groups in total. The zero-order chi connectivity index (χ0) is 13.0. The van der Waals surface area contributed by atoms with Gasteiger partial charge < -0.3 is 10.2 Å². The molecule has 0 unspecified atom stereocenters. The summed E-state index contributed by atoms with van der Waals surface area (Å²) in [5, 5.41) is 2.76. The van der Waals surface area contributed by atoms with Crippen molar-refractivity contribution in [1.29, 1.82) is 0 Å². The summed E-state index contributed by atoms with van der Waals surface area (Å²) in [7, 11) is 3.93. The van der Waals surface area contributed by atoms with Gasteiger partial charge in [0.25, 0.3) is 5.91 Å². The smallest absolute Gasteiger partial charge is 0.275 e. The Morgan fingerprint density at radius 1 is 1.17 bits per heavy atom. The molecule has 18 heavy (non-hydrogen) atoms. The Kier molecular flexibility index (Phi) is 3.52. The Labute approximate surface area is 105 Å². The highest BCUT2D eigenvalue weighted by molar-refractivity contribution is 6.02. The maximum Gasteiger partial charge on any atom is 0.275 e. The van der Waals surface area contributed by atoms with Crippen LogP contribution in [0.2, 0.25) is 0 Å². The van der Waals surface area contributed by atoms with E-state index in [1.807, 2.05) is 43.3 Å². The summed E-state index contributed by atoms with van der Waals surface area (Å²) in [5.41, 5.74) is 2.11. The number of amides is 1. The van der Waals surface area contributed by atoms with Crippen LogP contribution >= 0.6 is 0 Å². The molecule has 0 aliphatic heterocycles. The van der Waals surface area contributed by atoms with Gasteiger partial charge in [-0.3, -0.25) is 9.78 Å². The number of carbonyl (C=O) groups excluding carboxylic acids is 1. The molecule has 2 rings (SSSR count). The molecule has 5 nitrogen and oxygen atoms in total. The van der Waals surface area contributed by atoms with Crippen LogP contribution in [0, 0.1) is 0 Å². The number of nitrogens with zero attached hydrogens (tertiary/aromatic N) is 3. The van der Waals surface area contributed by atoms with Crippen molar-refractivity contribution in [2.75, 3.05) is 24.3 Å². The van der Waals surface area contributed by atoms with E-state index in [0.717, 1.165) is 11.4 Å². The molecule has 0 radical (unpaired) electrons. The van der Waals surface area contributed by atoms with E-state index in [-0.39, 0.29) is 5.91 Å². The van der Waals surface area contributed by atoms with Crippen molar-refractivity contribution in [3.05, 3.63) is 48.5 Å². The molecule has 1 aromatic carbocycles. The summed E-state index contributed by atoms with van der Waals surface area (Å²) < 4.78 is 0. The number of hydrogen-bond acceptors (Lipinski definition) is 4. The fourth-order valence-corrected chi connectivity index (χ4v) is 1.45. The number of nitrogens with one attached hydrogen (secondary N) is 1. The van der Waals surface area contributed by atoms with E-state index in [9.17, 15) is 4.79 Å². The van der Waals surface area contributed by atoms with Crippen LogP contribution in [0.1, 0.15) is 10.5 Å². The molecular weight excluding hydrogens is 228 g/mol. The van der Waals surface area contributed by atoms with Gasteiger partial charge in [-0.05, 0) is 24.3 Å². The first-order valence-corrected chi connectivity index (χ1v) is 5.51. The van der Waals surface area contributed by atoms with E-state index in [4.69, 9.17) is 0 Å². The molecule has 0 saturated heterocycles. The third kappa shape index (κ3) is 2.82. The van der Waals surface area contributed by atoms with Gasteiger partial charge >= 0.3 is 0 Å². The van der Waals surface area contributed by atoms with Gasteiger partial charge in [0.05, 0.1) is 6.20 Å². The zero-order valence-electron chi connectivity index (χ0n) is 10.3. The second-order valence-corrected chi connectivity index (χ2v) is 3.99. The first kappa shape index (κ1) is 12.0. The van der Waals surface area contributed by atoms with Crippen molar-refractivity contribution in [2.45, 2.75) is 0 Å². The number of rotatable bonds is 3. The summed E-state index contributed by atoms with van der Waals surface area (Å²) in [6, 6.07) is 7.58. The molecule has 0 atom stereocenters. The highest BCUT2D eigenvalue weighted by Crippen LogP contribution is 2.15. The number of anilines is 2. The van der Waals surface area contributed by atoms with E-state index >= 15 is 0 Å². The number of hydrogen-bond donors (Lipinski definition) is 1. The van der Waals surface area contributed by atoms with Gasteiger partial charge in [0.2, 0.25) is 0 Å². The van der Waals surface area contributed by atoms with Crippen molar-refractivity contribution in [1.82, 2.24) is 9.97 Å². The normalized spacial score (nSPS) is 9.89. The summed E-state index contributed by atoms with van der Waals surface area (Å²) in [4.78, 5) is 21.6. The zero-order valence-corrected chi connectivity index (χ0v) is 10.3. The third-order valence-corrected chi connectivity index (χ3v) is 2.44. The highest BCUT2D eigenvalue weighted by Gasteiger charge is 2.07. The second kappa shape index (κ2) is 5.27. The average Bonchev–Trinajstić information content (AvgIpc) is 2.40. The van der Waals surface area contributed by atoms with Crippen molar-refractivity contribution in [3.63, 3.8) is 0 Å². The maximum atomic E-state index is 11.8. The molecule has 0 bridgehead atoms. The highest BCUT2D eigenvalue weighted by atomic mass is 16.1. The molecular formula is C13H14N4O. The minimum Gasteiger partial charge on any atom is -0.378 e. The Bertz CT molecular complexity index is 522. The Morgan fingerprint density at radius 2 is 1.89 bits per heavy atom. The van der Waals surface area contributed by atoms with Crippen molar-refractivity contribution in [2.24, 2.45) is 0 Å². The fourth-order valence-electron chi connectivity index (χ4n) is 1.45. The van der Waals surface area contributed by atoms with E-state index in [1.165, 1.54) is 18.6 Å². The quantitative estimate of drug-likeness (QED) is 0.891. The summed E-state index contributed by atoms with van der Waals surface area (Å²) in [6.45, 7) is 0. The molecule has 0 fully saturated rings. The van der Waals surface area contributed by atoms with Gasteiger partial charge in [0, 0.05) is 37.9 Å². The predicted molar refractivity (Wildman–Crippen MR) is 70.8 cm³/mol. The minimum absolute atomic E-state index is 0.263. The lowest BCUT2D eigenvalue weighted by Gasteiger charge is -2.12. The second-order valence-electron chi connectivity index (χ2n) is 3.99. The molecule has 0 spiro atoms. The summed E-state index contributed by atoms with van der Waals surface area (Å²) in [5.74, 6) is -0.263. The molecule has 92 valence electrons. The van der Waals surface area contributed by atoms with Crippen LogP contribution in [0.25, 0.3) is 0 Å². The third-order valence-electron chi connectivity index (χ3n) is 2.44. The lowest BCUT2D eigenvalue weighted by molar-refractivity contribution is 0.102. The van der Waals surface area contributed by atoms with Crippen LogP contribution < -0.4 is 10.2 Å². The topological polar surface area (TPSA) is 58.1 Å². The average molecular weight is 242 g/mol. The number of carbonyl (C=O) groups is 1. The lowest BCUT2D eigenvalue weighted by Crippen LogP contribution is -2.14. The first-order valence-electron chi connectivity index (χ1n) is 5.51. The van der Waals surface area contributed by atoms with Gasteiger partial charge in [-0.25, -0.2) is 4.98 Å². The molecule has 2 aromatic rings. The number of aromatic nitrogens is 2. The largest absolute Gasteiger partial charge is 0.378 e. The van der Waals surface area contributed by atoms with Crippen LogP contribution in [-0.2, 0) is 0 Å². The molecule has 0 aliphatic carbocycles. The lowest BCUT2D eigenvalue weighted by atomic mass is 10.2. The van der Waals surface area contributed by atoms with Crippen LogP contribution in [0.5, 0.6) is 0 Å². The van der Waals surface area contributed by atoms with Gasteiger partial charge in [0.15, 0.2) is 0 Å². The minimum atomic E-state index is -0.263. The van der Waals surface area contributed by atoms with Gasteiger partial charge in [-0.15, -0.1) is 0 Å².